The Morgan fingerprint density at radius 1 is 0.882 bits per heavy atom. The summed E-state index contributed by atoms with van der Waals surface area (Å²) < 4.78 is 0. The maximum absolute atomic E-state index is 3.44. The smallest absolute Gasteiger partial charge is 0.00501 e. The van der Waals surface area contributed by atoms with E-state index in [-0.39, 0.29) is 0 Å². The van der Waals surface area contributed by atoms with Crippen LogP contribution >= 0.6 is 0 Å². The van der Waals surface area contributed by atoms with Crippen LogP contribution in [-0.4, -0.2) is 38.1 Å². The summed E-state index contributed by atoms with van der Waals surface area (Å²) in [5.41, 5.74) is 0.605. The van der Waals surface area contributed by atoms with Crippen LogP contribution in [-0.2, 0) is 0 Å². The first-order chi connectivity index (χ1) is 8.35. The first-order valence-electron chi connectivity index (χ1n) is 7.72. The summed E-state index contributed by atoms with van der Waals surface area (Å²) >= 11 is 0. The van der Waals surface area contributed by atoms with Crippen LogP contribution in [0, 0.1) is 5.41 Å². The molecule has 2 nitrogen and oxygen atoms in total. The first-order valence-corrected chi connectivity index (χ1v) is 7.72. The lowest BCUT2D eigenvalue weighted by Gasteiger charge is -2.36. The van der Waals surface area contributed by atoms with E-state index in [1.54, 1.807) is 0 Å². The highest BCUT2D eigenvalue weighted by Gasteiger charge is 2.34. The number of rotatable bonds is 4. The standard InChI is InChI=1S/C15H30N2/c1-16-13-15(9-5-6-10-15)14-17-11-7-3-2-4-8-12-17/h16H,2-14H2,1H3. The fourth-order valence-corrected chi connectivity index (χ4v) is 3.84. The molecule has 1 saturated carbocycles. The zero-order valence-corrected chi connectivity index (χ0v) is 11.6. The van der Waals surface area contributed by atoms with E-state index in [4.69, 9.17) is 0 Å². The summed E-state index contributed by atoms with van der Waals surface area (Å²) in [6.45, 7) is 5.29. The van der Waals surface area contributed by atoms with Crippen molar-refractivity contribution in [2.45, 2.75) is 57.8 Å². The molecular formula is C15H30N2. The molecule has 100 valence electrons. The van der Waals surface area contributed by atoms with E-state index in [9.17, 15) is 0 Å². The van der Waals surface area contributed by atoms with Crippen molar-refractivity contribution in [2.24, 2.45) is 5.41 Å². The highest BCUT2D eigenvalue weighted by atomic mass is 15.1. The van der Waals surface area contributed by atoms with Crippen molar-refractivity contribution >= 4 is 0 Å². The van der Waals surface area contributed by atoms with Crippen molar-refractivity contribution in [3.8, 4) is 0 Å². The minimum Gasteiger partial charge on any atom is -0.319 e. The first kappa shape index (κ1) is 13.4. The van der Waals surface area contributed by atoms with Gasteiger partial charge in [-0.15, -0.1) is 0 Å². The number of likely N-dealkylation sites (tertiary alicyclic amines) is 1. The van der Waals surface area contributed by atoms with E-state index < -0.39 is 0 Å². The van der Waals surface area contributed by atoms with Crippen LogP contribution in [0.15, 0.2) is 0 Å². The zero-order chi connectivity index (χ0) is 12.0. The van der Waals surface area contributed by atoms with Gasteiger partial charge in [-0.2, -0.15) is 0 Å². The molecule has 2 aliphatic rings. The van der Waals surface area contributed by atoms with Crippen molar-refractivity contribution in [3.63, 3.8) is 0 Å². The monoisotopic (exact) mass is 238 g/mol. The molecule has 0 spiro atoms. The minimum absolute atomic E-state index is 0.605. The maximum Gasteiger partial charge on any atom is 0.00501 e. The van der Waals surface area contributed by atoms with Gasteiger partial charge in [0, 0.05) is 13.1 Å². The lowest BCUT2D eigenvalue weighted by Crippen LogP contribution is -2.42. The molecule has 0 aromatic heterocycles. The van der Waals surface area contributed by atoms with E-state index in [1.165, 1.54) is 84.0 Å². The molecule has 1 N–H and O–H groups in total. The van der Waals surface area contributed by atoms with Crippen LogP contribution in [0.2, 0.25) is 0 Å². The van der Waals surface area contributed by atoms with Crippen LogP contribution in [0.25, 0.3) is 0 Å². The Hall–Kier alpha value is -0.0800. The molecular weight excluding hydrogens is 208 g/mol. The summed E-state index contributed by atoms with van der Waals surface area (Å²) in [4.78, 5) is 2.77. The van der Waals surface area contributed by atoms with Gasteiger partial charge < -0.3 is 10.2 Å². The van der Waals surface area contributed by atoms with Crippen molar-refractivity contribution in [2.75, 3.05) is 33.2 Å². The number of nitrogens with one attached hydrogen (secondary N) is 1. The summed E-state index contributed by atoms with van der Waals surface area (Å²) in [7, 11) is 2.12. The quantitative estimate of drug-likeness (QED) is 0.810. The third-order valence-corrected chi connectivity index (χ3v) is 4.72. The van der Waals surface area contributed by atoms with Crippen molar-refractivity contribution in [3.05, 3.63) is 0 Å². The lowest BCUT2D eigenvalue weighted by atomic mass is 9.85. The van der Waals surface area contributed by atoms with Gasteiger partial charge in [0.2, 0.25) is 0 Å². The Kier molecular flexibility index (Phi) is 5.30. The Balaban J connectivity index is 1.86. The third kappa shape index (κ3) is 3.96. The average molecular weight is 238 g/mol. The van der Waals surface area contributed by atoms with Gasteiger partial charge in [-0.1, -0.05) is 32.1 Å². The molecule has 17 heavy (non-hydrogen) atoms. The molecule has 0 unspecified atom stereocenters. The minimum atomic E-state index is 0.605. The van der Waals surface area contributed by atoms with Gasteiger partial charge >= 0.3 is 0 Å². The number of hydrogen-bond acceptors (Lipinski definition) is 2. The van der Waals surface area contributed by atoms with Gasteiger partial charge in [0.25, 0.3) is 0 Å². The molecule has 1 saturated heterocycles. The predicted octanol–water partition coefficient (Wildman–Crippen LogP) is 3.03. The maximum atomic E-state index is 3.44. The largest absolute Gasteiger partial charge is 0.319 e. The molecule has 1 aliphatic heterocycles. The highest BCUT2D eigenvalue weighted by Crippen LogP contribution is 2.38. The molecule has 0 amide bonds. The molecule has 1 aliphatic carbocycles. The van der Waals surface area contributed by atoms with E-state index in [0.29, 0.717) is 5.41 Å². The SMILES string of the molecule is CNCC1(CN2CCCCCCC2)CCCC1. The molecule has 0 radical (unpaired) electrons. The summed E-state index contributed by atoms with van der Waals surface area (Å²) in [6, 6.07) is 0. The predicted molar refractivity (Wildman–Crippen MR) is 74.4 cm³/mol. The Bertz CT molecular complexity index is 201. The van der Waals surface area contributed by atoms with E-state index in [0.717, 1.165) is 0 Å². The molecule has 1 heterocycles. The van der Waals surface area contributed by atoms with E-state index in [1.807, 2.05) is 0 Å². The second kappa shape index (κ2) is 6.75. The van der Waals surface area contributed by atoms with Gasteiger partial charge in [-0.3, -0.25) is 0 Å². The molecule has 0 bridgehead atoms. The van der Waals surface area contributed by atoms with Crippen molar-refractivity contribution < 1.29 is 0 Å². The summed E-state index contributed by atoms with van der Waals surface area (Å²) in [6.07, 6.45) is 13.0. The van der Waals surface area contributed by atoms with Crippen LogP contribution in [0.1, 0.15) is 57.8 Å². The Labute approximate surface area is 107 Å². The zero-order valence-electron chi connectivity index (χ0n) is 11.6. The normalized spacial score (nSPS) is 26.6. The average Bonchev–Trinajstić information content (AvgIpc) is 2.71. The van der Waals surface area contributed by atoms with Crippen LogP contribution < -0.4 is 5.32 Å². The highest BCUT2D eigenvalue weighted by molar-refractivity contribution is 4.89. The number of nitrogens with zero attached hydrogens (tertiary/aromatic N) is 1. The number of hydrogen-bond donors (Lipinski definition) is 1. The Morgan fingerprint density at radius 2 is 1.47 bits per heavy atom. The fraction of sp³-hybridized carbons (Fsp3) is 1.00. The van der Waals surface area contributed by atoms with Gasteiger partial charge in [-0.25, -0.2) is 0 Å². The van der Waals surface area contributed by atoms with Crippen LogP contribution in [0.5, 0.6) is 0 Å². The van der Waals surface area contributed by atoms with Gasteiger partial charge in [-0.05, 0) is 51.2 Å². The lowest BCUT2D eigenvalue weighted by molar-refractivity contribution is 0.141. The van der Waals surface area contributed by atoms with Crippen LogP contribution in [0.3, 0.4) is 0 Å². The molecule has 2 fully saturated rings. The molecule has 2 heteroatoms. The van der Waals surface area contributed by atoms with Gasteiger partial charge in [0.1, 0.15) is 0 Å². The molecule has 0 atom stereocenters. The Morgan fingerprint density at radius 3 is 2.06 bits per heavy atom. The molecule has 2 rings (SSSR count). The van der Waals surface area contributed by atoms with Crippen LogP contribution in [0.4, 0.5) is 0 Å². The van der Waals surface area contributed by atoms with Crippen molar-refractivity contribution in [1.82, 2.24) is 10.2 Å². The van der Waals surface area contributed by atoms with E-state index in [2.05, 4.69) is 17.3 Å². The second-order valence-electron chi connectivity index (χ2n) is 6.28. The summed E-state index contributed by atoms with van der Waals surface area (Å²) in [5, 5.41) is 3.44. The third-order valence-electron chi connectivity index (χ3n) is 4.72. The van der Waals surface area contributed by atoms with Crippen molar-refractivity contribution in [1.29, 1.82) is 0 Å². The fourth-order valence-electron chi connectivity index (χ4n) is 3.84. The molecule has 0 aromatic rings. The van der Waals surface area contributed by atoms with Gasteiger partial charge in [0.15, 0.2) is 0 Å². The molecule has 0 aromatic carbocycles. The topological polar surface area (TPSA) is 15.3 Å². The summed E-state index contributed by atoms with van der Waals surface area (Å²) in [5.74, 6) is 0. The van der Waals surface area contributed by atoms with E-state index >= 15 is 0 Å². The second-order valence-corrected chi connectivity index (χ2v) is 6.28. The van der Waals surface area contributed by atoms with Gasteiger partial charge in [0.05, 0.1) is 0 Å².